The van der Waals surface area contributed by atoms with Crippen LogP contribution in [0.2, 0.25) is 0 Å². The monoisotopic (exact) mass is 716 g/mol. The van der Waals surface area contributed by atoms with Crippen LogP contribution < -0.4 is 4.90 Å². The van der Waals surface area contributed by atoms with Gasteiger partial charge in [-0.1, -0.05) is 152 Å². The van der Waals surface area contributed by atoms with Gasteiger partial charge in [0.15, 0.2) is 0 Å². The third-order valence-corrected chi connectivity index (χ3v) is 11.1. The summed E-state index contributed by atoms with van der Waals surface area (Å²) in [6.07, 6.45) is 9.13. The van der Waals surface area contributed by atoms with Crippen molar-refractivity contribution in [2.45, 2.75) is 12.8 Å². The third kappa shape index (κ3) is 6.32. The molecule has 0 fully saturated rings. The Balaban J connectivity index is 0.976. The summed E-state index contributed by atoms with van der Waals surface area (Å²) in [4.78, 5) is 2.34. The molecule has 0 radical (unpaired) electrons. The first-order chi connectivity index (χ1) is 27.8. The summed E-state index contributed by atoms with van der Waals surface area (Å²) >= 11 is 0. The molecule has 1 aliphatic rings. The molecule has 0 amide bonds. The van der Waals surface area contributed by atoms with E-state index in [1.54, 1.807) is 0 Å². The predicted molar refractivity (Wildman–Crippen MR) is 238 cm³/mol. The fourth-order valence-electron chi connectivity index (χ4n) is 8.18. The van der Waals surface area contributed by atoms with Crippen molar-refractivity contribution in [2.75, 3.05) is 4.90 Å². The molecule has 0 saturated carbocycles. The van der Waals surface area contributed by atoms with Crippen LogP contribution in [0.1, 0.15) is 18.4 Å². The average Bonchev–Trinajstić information content (AvgIpc) is 3.62. The van der Waals surface area contributed by atoms with Crippen LogP contribution >= 0.6 is 0 Å². The molecule has 0 bridgehead atoms. The highest BCUT2D eigenvalue weighted by Gasteiger charge is 2.16. The van der Waals surface area contributed by atoms with Crippen LogP contribution in [0.25, 0.3) is 66.4 Å². The van der Waals surface area contributed by atoms with Crippen LogP contribution in [-0.2, 0) is 0 Å². The molecule has 10 rings (SSSR count). The highest BCUT2D eigenvalue weighted by molar-refractivity contribution is 6.10. The van der Waals surface area contributed by atoms with Crippen molar-refractivity contribution in [1.82, 2.24) is 4.57 Å². The summed E-state index contributed by atoms with van der Waals surface area (Å²) in [7, 11) is 0. The molecule has 0 unspecified atom stereocenters. The first-order valence-electron chi connectivity index (χ1n) is 19.5. The van der Waals surface area contributed by atoms with Crippen LogP contribution in [0, 0.1) is 0 Å². The average molecular weight is 717 g/mol. The summed E-state index contributed by atoms with van der Waals surface area (Å²) in [5.41, 5.74) is 16.7. The number of fused-ring (bicyclic) bond motifs is 3. The van der Waals surface area contributed by atoms with Gasteiger partial charge in [-0.25, -0.2) is 0 Å². The maximum atomic E-state index is 2.40. The molecular formula is C54H40N2. The lowest BCUT2D eigenvalue weighted by atomic mass is 9.98. The van der Waals surface area contributed by atoms with Gasteiger partial charge < -0.3 is 9.47 Å². The molecule has 9 aromatic rings. The summed E-state index contributed by atoms with van der Waals surface area (Å²) in [6.45, 7) is 0. The number of hydrogen-bond donors (Lipinski definition) is 0. The molecule has 8 aromatic carbocycles. The molecule has 2 nitrogen and oxygen atoms in total. The van der Waals surface area contributed by atoms with E-state index in [1.165, 1.54) is 66.3 Å². The highest BCUT2D eigenvalue weighted by atomic mass is 15.1. The second kappa shape index (κ2) is 14.6. The number of benzene rings is 8. The lowest BCUT2D eigenvalue weighted by Gasteiger charge is -2.26. The Morgan fingerprint density at radius 2 is 0.804 bits per heavy atom. The van der Waals surface area contributed by atoms with E-state index < -0.39 is 0 Å². The lowest BCUT2D eigenvalue weighted by molar-refractivity contribution is 1.04. The Morgan fingerprint density at radius 1 is 0.357 bits per heavy atom. The van der Waals surface area contributed by atoms with Gasteiger partial charge in [0.25, 0.3) is 0 Å². The first-order valence-corrected chi connectivity index (χ1v) is 19.5. The quantitative estimate of drug-likeness (QED) is 0.152. The van der Waals surface area contributed by atoms with Crippen LogP contribution in [0.3, 0.4) is 0 Å². The molecule has 1 aromatic heterocycles. The Morgan fingerprint density at radius 3 is 1.32 bits per heavy atom. The fourth-order valence-corrected chi connectivity index (χ4v) is 8.18. The summed E-state index contributed by atoms with van der Waals surface area (Å²) in [5, 5.41) is 2.56. The predicted octanol–water partition coefficient (Wildman–Crippen LogP) is 15.0. The van der Waals surface area contributed by atoms with Crippen molar-refractivity contribution < 1.29 is 0 Å². The van der Waals surface area contributed by atoms with Crippen LogP contribution in [0.15, 0.2) is 218 Å². The largest absolute Gasteiger partial charge is 0.311 e. The van der Waals surface area contributed by atoms with Crippen LogP contribution in [-0.4, -0.2) is 4.57 Å². The van der Waals surface area contributed by atoms with Crippen LogP contribution in [0.4, 0.5) is 17.1 Å². The minimum Gasteiger partial charge on any atom is -0.311 e. The molecule has 266 valence electrons. The summed E-state index contributed by atoms with van der Waals surface area (Å²) < 4.78 is 2.40. The van der Waals surface area contributed by atoms with Crippen molar-refractivity contribution >= 4 is 44.4 Å². The van der Waals surface area contributed by atoms with Gasteiger partial charge >= 0.3 is 0 Å². The minimum absolute atomic E-state index is 1.10. The van der Waals surface area contributed by atoms with E-state index in [0.717, 1.165) is 35.6 Å². The zero-order valence-electron chi connectivity index (χ0n) is 31.1. The van der Waals surface area contributed by atoms with Crippen LogP contribution in [0.5, 0.6) is 0 Å². The molecule has 0 N–H and O–H groups in total. The fraction of sp³-hybridized carbons (Fsp3) is 0.0370. The van der Waals surface area contributed by atoms with Gasteiger partial charge in [-0.05, 0) is 124 Å². The van der Waals surface area contributed by atoms with E-state index in [-0.39, 0.29) is 0 Å². The molecule has 56 heavy (non-hydrogen) atoms. The molecule has 2 heteroatoms. The SMILES string of the molecule is C1=CC(c2ccc3c(c2)c2ccccc2n3-c2ccc(-c3ccc(N(c4ccc(-c5ccccc5)cc4)c4ccc(-c5ccccc5)cc4)cc3)cc2)=CCC1. The van der Waals surface area contributed by atoms with E-state index in [4.69, 9.17) is 0 Å². The Hall–Kier alpha value is -7.16. The zero-order chi connectivity index (χ0) is 37.3. The molecule has 0 spiro atoms. The van der Waals surface area contributed by atoms with E-state index in [0.29, 0.717) is 0 Å². The van der Waals surface area contributed by atoms with Gasteiger partial charge in [-0.2, -0.15) is 0 Å². The lowest BCUT2D eigenvalue weighted by Crippen LogP contribution is -2.09. The van der Waals surface area contributed by atoms with E-state index >= 15 is 0 Å². The number of nitrogens with zero attached hydrogens (tertiary/aromatic N) is 2. The Kier molecular flexibility index (Phi) is 8.70. The van der Waals surface area contributed by atoms with Gasteiger partial charge in [0, 0.05) is 33.5 Å². The van der Waals surface area contributed by atoms with Crippen molar-refractivity contribution in [3.05, 3.63) is 224 Å². The van der Waals surface area contributed by atoms with E-state index in [9.17, 15) is 0 Å². The molecule has 1 aliphatic carbocycles. The number of hydrogen-bond acceptors (Lipinski definition) is 1. The maximum absolute atomic E-state index is 2.40. The number of rotatable bonds is 8. The molecular weight excluding hydrogens is 677 g/mol. The standard InChI is InChI=1S/C54H40N2/c1-4-12-39(13-5-1)42-20-29-47(30-21-42)55(48-31-22-43(23-32-48)40-14-6-2-7-15-40)49-33-24-44(25-34-49)45-26-35-50(36-27-45)56-53-19-11-10-18-51(53)52-38-46(28-37-54(52)56)41-16-8-3-9-17-41/h1-2,4-8,10-38H,3,9H2. The first kappa shape index (κ1) is 33.4. The topological polar surface area (TPSA) is 8.17 Å². The Labute approximate surface area is 328 Å². The van der Waals surface area contributed by atoms with Crippen molar-refractivity contribution in [1.29, 1.82) is 0 Å². The van der Waals surface area contributed by atoms with Crippen molar-refractivity contribution in [2.24, 2.45) is 0 Å². The second-order valence-corrected chi connectivity index (χ2v) is 14.5. The number of allylic oxidation sites excluding steroid dienone is 4. The van der Waals surface area contributed by atoms with Gasteiger partial charge in [-0.15, -0.1) is 0 Å². The second-order valence-electron chi connectivity index (χ2n) is 14.5. The number of aromatic nitrogens is 1. The summed E-state index contributed by atoms with van der Waals surface area (Å²) in [6, 6.07) is 72.5. The number of para-hydroxylation sites is 1. The normalized spacial score (nSPS) is 12.5. The summed E-state index contributed by atoms with van der Waals surface area (Å²) in [5.74, 6) is 0. The molecule has 0 atom stereocenters. The smallest absolute Gasteiger partial charge is 0.0541 e. The van der Waals surface area contributed by atoms with Gasteiger partial charge in [-0.3, -0.25) is 0 Å². The van der Waals surface area contributed by atoms with E-state index in [2.05, 4.69) is 228 Å². The minimum atomic E-state index is 1.10. The maximum Gasteiger partial charge on any atom is 0.0541 e. The molecule has 0 saturated heterocycles. The zero-order valence-corrected chi connectivity index (χ0v) is 31.1. The van der Waals surface area contributed by atoms with Crippen molar-refractivity contribution in [3.63, 3.8) is 0 Å². The third-order valence-electron chi connectivity index (χ3n) is 11.1. The van der Waals surface area contributed by atoms with Gasteiger partial charge in [0.05, 0.1) is 11.0 Å². The van der Waals surface area contributed by atoms with E-state index in [1.807, 2.05) is 0 Å². The molecule has 1 heterocycles. The molecule has 0 aliphatic heterocycles. The van der Waals surface area contributed by atoms with Gasteiger partial charge in [0.2, 0.25) is 0 Å². The number of anilines is 3. The van der Waals surface area contributed by atoms with Gasteiger partial charge in [0.1, 0.15) is 0 Å². The van der Waals surface area contributed by atoms with Crippen molar-refractivity contribution in [3.8, 4) is 39.1 Å². The highest BCUT2D eigenvalue weighted by Crippen LogP contribution is 2.39. The Bertz CT molecular complexity index is 2760.